The summed E-state index contributed by atoms with van der Waals surface area (Å²) in [6.07, 6.45) is 9.35. The highest BCUT2D eigenvalue weighted by Crippen LogP contribution is 2.61. The van der Waals surface area contributed by atoms with Gasteiger partial charge in [0, 0.05) is 11.8 Å². The predicted octanol–water partition coefficient (Wildman–Crippen LogP) is 7.01. The smallest absolute Gasteiger partial charge is 0.337 e. The van der Waals surface area contributed by atoms with Crippen molar-refractivity contribution in [1.29, 1.82) is 0 Å². The molecule has 0 radical (unpaired) electrons. The first-order valence-electron chi connectivity index (χ1n) is 14.0. The summed E-state index contributed by atoms with van der Waals surface area (Å²) in [7, 11) is 1.39. The van der Waals surface area contributed by atoms with Gasteiger partial charge in [0.1, 0.15) is 18.5 Å². The number of carbonyl (C=O) groups excluding carboxylic acids is 2. The molecule has 0 heterocycles. The minimum atomic E-state index is -0.329. The molecule has 3 aliphatic rings. The summed E-state index contributed by atoms with van der Waals surface area (Å²) < 4.78 is 16.9. The number of esters is 2. The molecule has 37 heavy (non-hydrogen) atoms. The van der Waals surface area contributed by atoms with Crippen molar-refractivity contribution in [2.75, 3.05) is 7.11 Å². The fourth-order valence-corrected chi connectivity index (χ4v) is 7.35. The number of rotatable bonds is 8. The Morgan fingerprint density at radius 3 is 2.59 bits per heavy atom. The number of carbonyl (C=O) groups is 2. The number of hydrogen-bond donors (Lipinski definition) is 0. The van der Waals surface area contributed by atoms with Gasteiger partial charge in [0.05, 0.1) is 12.7 Å². The SMILES string of the molecule is CCCCC(=O)O[C@@H]1CC[C@@H]2[C@H]3CCc4cc(OCc5ccc(C(=O)OC)cc5)ccc4[C@H]3CC[C@@]21C. The van der Waals surface area contributed by atoms with Crippen LogP contribution >= 0.6 is 0 Å². The molecule has 2 fully saturated rings. The average molecular weight is 505 g/mol. The Morgan fingerprint density at radius 1 is 1.03 bits per heavy atom. The van der Waals surface area contributed by atoms with E-state index in [1.807, 2.05) is 12.1 Å². The van der Waals surface area contributed by atoms with Gasteiger partial charge < -0.3 is 14.2 Å². The number of benzene rings is 2. The van der Waals surface area contributed by atoms with Crippen molar-refractivity contribution in [3.05, 3.63) is 64.7 Å². The highest BCUT2D eigenvalue weighted by molar-refractivity contribution is 5.89. The topological polar surface area (TPSA) is 61.8 Å². The van der Waals surface area contributed by atoms with E-state index in [4.69, 9.17) is 14.2 Å². The second-order valence-corrected chi connectivity index (χ2v) is 11.5. The van der Waals surface area contributed by atoms with Gasteiger partial charge >= 0.3 is 11.9 Å². The van der Waals surface area contributed by atoms with E-state index in [0.717, 1.165) is 43.4 Å². The van der Waals surface area contributed by atoms with Crippen LogP contribution in [-0.2, 0) is 27.3 Å². The largest absolute Gasteiger partial charge is 0.489 e. The molecule has 0 unspecified atom stereocenters. The van der Waals surface area contributed by atoms with Crippen molar-refractivity contribution >= 4 is 11.9 Å². The van der Waals surface area contributed by atoms with Crippen molar-refractivity contribution in [2.24, 2.45) is 17.3 Å². The van der Waals surface area contributed by atoms with E-state index in [0.29, 0.717) is 36.3 Å². The summed E-state index contributed by atoms with van der Waals surface area (Å²) in [5.74, 6) is 2.46. The Hall–Kier alpha value is -2.82. The number of unbranched alkanes of at least 4 members (excludes halogenated alkanes) is 1. The lowest BCUT2D eigenvalue weighted by atomic mass is 9.55. The summed E-state index contributed by atoms with van der Waals surface area (Å²) in [5.41, 5.74) is 4.59. The molecule has 0 bridgehead atoms. The van der Waals surface area contributed by atoms with E-state index < -0.39 is 0 Å². The van der Waals surface area contributed by atoms with Gasteiger partial charge in [-0.2, -0.15) is 0 Å². The highest BCUT2D eigenvalue weighted by atomic mass is 16.5. The van der Waals surface area contributed by atoms with E-state index in [-0.39, 0.29) is 23.5 Å². The molecule has 2 aromatic carbocycles. The maximum absolute atomic E-state index is 12.4. The average Bonchev–Trinajstić information content (AvgIpc) is 3.26. The Balaban J connectivity index is 1.23. The minimum absolute atomic E-state index is 0.00299. The van der Waals surface area contributed by atoms with Gasteiger partial charge in [-0.3, -0.25) is 4.79 Å². The molecule has 5 atom stereocenters. The standard InChI is InChI=1S/C32H40O5/c1-4-5-6-30(33)37-29-16-15-28-27-13-11-23-19-24(12-14-25(23)26(27)17-18-32(28,29)2)36-20-21-7-9-22(10-8-21)31(34)35-3/h7-10,12,14,19,26-29H,4-6,11,13,15-18,20H2,1-3H3/t26-,27+,28-,29-,32+/m1/s1. The van der Waals surface area contributed by atoms with Crippen molar-refractivity contribution in [2.45, 2.75) is 90.3 Å². The Bertz CT molecular complexity index is 1120. The number of aryl methyl sites for hydroxylation is 1. The zero-order valence-electron chi connectivity index (χ0n) is 22.5. The lowest BCUT2D eigenvalue weighted by molar-refractivity contribution is -0.157. The number of ether oxygens (including phenoxy) is 3. The quantitative estimate of drug-likeness (QED) is 0.362. The van der Waals surface area contributed by atoms with Crippen LogP contribution in [0.1, 0.15) is 98.2 Å². The third-order valence-electron chi connectivity index (χ3n) is 9.40. The molecule has 0 saturated heterocycles. The molecule has 0 spiro atoms. The molecule has 5 rings (SSSR count). The Morgan fingerprint density at radius 2 is 1.84 bits per heavy atom. The van der Waals surface area contributed by atoms with Crippen LogP contribution in [0.3, 0.4) is 0 Å². The second-order valence-electron chi connectivity index (χ2n) is 11.5. The minimum Gasteiger partial charge on any atom is -0.489 e. The number of hydrogen-bond acceptors (Lipinski definition) is 5. The molecular weight excluding hydrogens is 464 g/mol. The first kappa shape index (κ1) is 25.8. The fraction of sp³-hybridized carbons (Fsp3) is 0.562. The van der Waals surface area contributed by atoms with Crippen molar-refractivity contribution in [1.82, 2.24) is 0 Å². The van der Waals surface area contributed by atoms with Gasteiger partial charge in [0.2, 0.25) is 0 Å². The predicted molar refractivity (Wildman–Crippen MR) is 143 cm³/mol. The molecule has 2 saturated carbocycles. The van der Waals surface area contributed by atoms with E-state index >= 15 is 0 Å². The van der Waals surface area contributed by atoms with Crippen LogP contribution < -0.4 is 4.74 Å². The van der Waals surface area contributed by atoms with Crippen LogP contribution in [0.2, 0.25) is 0 Å². The molecule has 3 aliphatic carbocycles. The van der Waals surface area contributed by atoms with E-state index in [9.17, 15) is 9.59 Å². The third kappa shape index (κ3) is 5.15. The van der Waals surface area contributed by atoms with Crippen LogP contribution in [0.15, 0.2) is 42.5 Å². The Labute approximate surface area is 220 Å². The summed E-state index contributed by atoms with van der Waals surface area (Å²) in [6.45, 7) is 4.97. The van der Waals surface area contributed by atoms with Crippen LogP contribution in [0, 0.1) is 17.3 Å². The van der Waals surface area contributed by atoms with Gasteiger partial charge in [0.25, 0.3) is 0 Å². The van der Waals surface area contributed by atoms with Gasteiger partial charge in [0.15, 0.2) is 0 Å². The monoisotopic (exact) mass is 504 g/mol. The highest BCUT2D eigenvalue weighted by Gasteiger charge is 2.56. The van der Waals surface area contributed by atoms with Crippen molar-refractivity contribution in [3.63, 3.8) is 0 Å². The Kier molecular flexibility index (Phi) is 7.60. The van der Waals surface area contributed by atoms with Gasteiger partial charge in [-0.15, -0.1) is 0 Å². The van der Waals surface area contributed by atoms with Gasteiger partial charge in [-0.1, -0.05) is 38.5 Å². The fourth-order valence-electron chi connectivity index (χ4n) is 7.35. The first-order valence-corrected chi connectivity index (χ1v) is 14.0. The molecular formula is C32H40O5. The van der Waals surface area contributed by atoms with Crippen molar-refractivity contribution in [3.8, 4) is 5.75 Å². The molecule has 5 nitrogen and oxygen atoms in total. The van der Waals surface area contributed by atoms with E-state index in [1.165, 1.54) is 37.5 Å². The van der Waals surface area contributed by atoms with Crippen LogP contribution in [0.4, 0.5) is 0 Å². The first-order chi connectivity index (χ1) is 17.9. The van der Waals surface area contributed by atoms with Crippen molar-refractivity contribution < 1.29 is 23.8 Å². The molecule has 0 N–H and O–H groups in total. The zero-order valence-corrected chi connectivity index (χ0v) is 22.5. The number of fused-ring (bicyclic) bond motifs is 5. The molecule has 2 aromatic rings. The summed E-state index contributed by atoms with van der Waals surface area (Å²) >= 11 is 0. The second kappa shape index (κ2) is 10.9. The lowest BCUT2D eigenvalue weighted by Crippen LogP contribution is -2.45. The maximum atomic E-state index is 12.4. The normalized spacial score (nSPS) is 28.0. The van der Waals surface area contributed by atoms with E-state index in [2.05, 4.69) is 32.0 Å². The van der Waals surface area contributed by atoms with Gasteiger partial charge in [-0.05, 0) is 104 Å². The van der Waals surface area contributed by atoms with E-state index in [1.54, 1.807) is 12.1 Å². The molecule has 0 aliphatic heterocycles. The molecule has 198 valence electrons. The lowest BCUT2D eigenvalue weighted by Gasteiger charge is -2.50. The molecule has 0 aromatic heterocycles. The third-order valence-corrected chi connectivity index (χ3v) is 9.40. The summed E-state index contributed by atoms with van der Waals surface area (Å²) in [5, 5.41) is 0. The van der Waals surface area contributed by atoms with Crippen LogP contribution in [0.25, 0.3) is 0 Å². The summed E-state index contributed by atoms with van der Waals surface area (Å²) in [4.78, 5) is 24.0. The zero-order chi connectivity index (χ0) is 26.0. The van der Waals surface area contributed by atoms with Crippen LogP contribution in [0.5, 0.6) is 5.75 Å². The molecule has 5 heteroatoms. The molecule has 0 amide bonds. The van der Waals surface area contributed by atoms with Gasteiger partial charge in [-0.25, -0.2) is 4.79 Å². The maximum Gasteiger partial charge on any atom is 0.337 e. The summed E-state index contributed by atoms with van der Waals surface area (Å²) in [6, 6.07) is 14.0. The number of methoxy groups -OCH3 is 1. The van der Waals surface area contributed by atoms with Crippen LogP contribution in [-0.4, -0.2) is 25.2 Å².